The van der Waals surface area contributed by atoms with Crippen LogP contribution in [-0.4, -0.2) is 32.8 Å². The van der Waals surface area contributed by atoms with Gasteiger partial charge in [0.25, 0.3) is 0 Å². The second kappa shape index (κ2) is 5.57. The molecular weight excluding hydrogens is 298 g/mol. The number of hydrogen-bond donors (Lipinski definition) is 0. The van der Waals surface area contributed by atoms with Crippen LogP contribution in [0.1, 0.15) is 19.3 Å². The zero-order chi connectivity index (χ0) is 14.9. The molecule has 0 amide bonds. The molecule has 1 aliphatic heterocycles. The van der Waals surface area contributed by atoms with Crippen molar-refractivity contribution in [1.29, 1.82) is 0 Å². The van der Waals surface area contributed by atoms with Crippen LogP contribution < -0.4 is 4.90 Å². The lowest BCUT2D eigenvalue weighted by Crippen LogP contribution is -2.30. The van der Waals surface area contributed by atoms with E-state index in [4.69, 9.17) is 11.6 Å². The standard InChI is InChI=1S/C16H16ClN5/c17-16-19-14(21-9-5-2-6-10-21)13-11-18-22(15(13)20-16)12-7-3-1-4-8-12/h1,3-4,7-8,11H,2,5-6,9-10H2. The predicted molar refractivity (Wildman–Crippen MR) is 87.7 cm³/mol. The Hall–Kier alpha value is -2.14. The summed E-state index contributed by atoms with van der Waals surface area (Å²) in [4.78, 5) is 11.1. The zero-order valence-corrected chi connectivity index (χ0v) is 12.9. The first-order chi connectivity index (χ1) is 10.8. The van der Waals surface area contributed by atoms with Gasteiger partial charge in [-0.15, -0.1) is 0 Å². The van der Waals surface area contributed by atoms with E-state index < -0.39 is 0 Å². The Kier molecular flexibility index (Phi) is 3.42. The summed E-state index contributed by atoms with van der Waals surface area (Å²) in [6.07, 6.45) is 5.50. The van der Waals surface area contributed by atoms with E-state index in [9.17, 15) is 0 Å². The molecule has 6 heteroatoms. The highest BCUT2D eigenvalue weighted by atomic mass is 35.5. The van der Waals surface area contributed by atoms with Crippen LogP contribution in [0.5, 0.6) is 0 Å². The minimum absolute atomic E-state index is 0.269. The van der Waals surface area contributed by atoms with Gasteiger partial charge in [0.2, 0.25) is 5.28 Å². The van der Waals surface area contributed by atoms with Crippen LogP contribution in [0.2, 0.25) is 5.28 Å². The lowest BCUT2D eigenvalue weighted by atomic mass is 10.1. The first-order valence-electron chi connectivity index (χ1n) is 7.54. The van der Waals surface area contributed by atoms with Crippen molar-refractivity contribution in [2.45, 2.75) is 19.3 Å². The third kappa shape index (κ3) is 2.31. The van der Waals surface area contributed by atoms with Crippen molar-refractivity contribution < 1.29 is 0 Å². The highest BCUT2D eigenvalue weighted by molar-refractivity contribution is 6.28. The summed E-state index contributed by atoms with van der Waals surface area (Å²) < 4.78 is 1.82. The van der Waals surface area contributed by atoms with Gasteiger partial charge < -0.3 is 4.90 Å². The first-order valence-corrected chi connectivity index (χ1v) is 7.92. The van der Waals surface area contributed by atoms with Gasteiger partial charge in [-0.1, -0.05) is 18.2 Å². The topological polar surface area (TPSA) is 46.8 Å². The molecule has 0 aliphatic carbocycles. The summed E-state index contributed by atoms with van der Waals surface area (Å²) in [7, 11) is 0. The minimum Gasteiger partial charge on any atom is -0.356 e. The van der Waals surface area contributed by atoms with Crippen molar-refractivity contribution in [3.05, 3.63) is 41.8 Å². The number of hydrogen-bond acceptors (Lipinski definition) is 4. The molecule has 0 atom stereocenters. The fourth-order valence-corrected chi connectivity index (χ4v) is 3.13. The summed E-state index contributed by atoms with van der Waals surface area (Å²) in [6, 6.07) is 9.96. The molecule has 1 aromatic carbocycles. The molecule has 5 nitrogen and oxygen atoms in total. The molecule has 4 rings (SSSR count). The smallest absolute Gasteiger partial charge is 0.226 e. The Balaban J connectivity index is 1.87. The number of rotatable bonds is 2. The van der Waals surface area contributed by atoms with Crippen molar-refractivity contribution >= 4 is 28.5 Å². The van der Waals surface area contributed by atoms with Crippen molar-refractivity contribution in [3.8, 4) is 5.69 Å². The number of benzene rings is 1. The van der Waals surface area contributed by atoms with Crippen LogP contribution >= 0.6 is 11.6 Å². The van der Waals surface area contributed by atoms with Gasteiger partial charge in [-0.2, -0.15) is 15.1 Å². The van der Waals surface area contributed by atoms with Gasteiger partial charge >= 0.3 is 0 Å². The summed E-state index contributed by atoms with van der Waals surface area (Å²) in [5, 5.41) is 5.71. The Morgan fingerprint density at radius 3 is 2.50 bits per heavy atom. The number of piperidine rings is 1. The van der Waals surface area contributed by atoms with Gasteiger partial charge in [0.15, 0.2) is 5.65 Å². The van der Waals surface area contributed by atoms with Gasteiger partial charge in [-0.05, 0) is 43.0 Å². The maximum absolute atomic E-state index is 6.17. The maximum Gasteiger partial charge on any atom is 0.226 e. The average molecular weight is 314 g/mol. The van der Waals surface area contributed by atoms with E-state index in [-0.39, 0.29) is 5.28 Å². The zero-order valence-electron chi connectivity index (χ0n) is 12.1. The highest BCUT2D eigenvalue weighted by Crippen LogP contribution is 2.28. The average Bonchev–Trinajstić information content (AvgIpc) is 2.99. The Morgan fingerprint density at radius 1 is 0.955 bits per heavy atom. The molecule has 1 saturated heterocycles. The van der Waals surface area contributed by atoms with E-state index in [0.717, 1.165) is 35.6 Å². The summed E-state index contributed by atoms with van der Waals surface area (Å²) in [5.74, 6) is 0.900. The quantitative estimate of drug-likeness (QED) is 0.680. The third-order valence-corrected chi connectivity index (χ3v) is 4.21. The van der Waals surface area contributed by atoms with Crippen LogP contribution in [0.4, 0.5) is 5.82 Å². The van der Waals surface area contributed by atoms with Crippen molar-refractivity contribution in [2.75, 3.05) is 18.0 Å². The lowest BCUT2D eigenvalue weighted by molar-refractivity contribution is 0.574. The van der Waals surface area contributed by atoms with Crippen molar-refractivity contribution in [1.82, 2.24) is 19.7 Å². The van der Waals surface area contributed by atoms with Crippen LogP contribution in [0, 0.1) is 0 Å². The molecule has 112 valence electrons. The normalized spacial score (nSPS) is 15.4. The van der Waals surface area contributed by atoms with E-state index in [1.165, 1.54) is 19.3 Å². The summed E-state index contributed by atoms with van der Waals surface area (Å²) in [5.41, 5.74) is 1.73. The van der Waals surface area contributed by atoms with Gasteiger partial charge in [-0.3, -0.25) is 0 Å². The van der Waals surface area contributed by atoms with E-state index in [1.54, 1.807) is 0 Å². The molecule has 0 N–H and O–H groups in total. The number of aromatic nitrogens is 4. The molecule has 3 heterocycles. The third-order valence-electron chi connectivity index (χ3n) is 4.04. The van der Waals surface area contributed by atoms with Crippen LogP contribution in [0.3, 0.4) is 0 Å². The first kappa shape index (κ1) is 13.5. The van der Waals surface area contributed by atoms with Crippen LogP contribution in [0.25, 0.3) is 16.7 Å². The molecule has 0 radical (unpaired) electrons. The van der Waals surface area contributed by atoms with Gasteiger partial charge in [0.1, 0.15) is 5.82 Å². The maximum atomic E-state index is 6.17. The fourth-order valence-electron chi connectivity index (χ4n) is 2.97. The molecule has 1 fully saturated rings. The summed E-state index contributed by atoms with van der Waals surface area (Å²) in [6.45, 7) is 2.03. The second-order valence-corrected chi connectivity index (χ2v) is 5.83. The number of halogens is 1. The molecule has 0 unspecified atom stereocenters. The number of fused-ring (bicyclic) bond motifs is 1. The molecule has 3 aromatic rings. The monoisotopic (exact) mass is 313 g/mol. The van der Waals surface area contributed by atoms with Crippen LogP contribution in [-0.2, 0) is 0 Å². The Morgan fingerprint density at radius 2 is 1.73 bits per heavy atom. The number of para-hydroxylation sites is 1. The van der Waals surface area contributed by atoms with E-state index >= 15 is 0 Å². The Labute approximate surface area is 133 Å². The second-order valence-electron chi connectivity index (χ2n) is 5.49. The highest BCUT2D eigenvalue weighted by Gasteiger charge is 2.19. The van der Waals surface area contributed by atoms with Gasteiger partial charge in [0, 0.05) is 13.1 Å². The number of anilines is 1. The minimum atomic E-state index is 0.269. The van der Waals surface area contributed by atoms with E-state index in [1.807, 2.05) is 41.2 Å². The Bertz CT molecular complexity index is 793. The molecule has 0 bridgehead atoms. The largest absolute Gasteiger partial charge is 0.356 e. The van der Waals surface area contributed by atoms with Gasteiger partial charge in [0.05, 0.1) is 17.3 Å². The van der Waals surface area contributed by atoms with Crippen LogP contribution in [0.15, 0.2) is 36.5 Å². The van der Waals surface area contributed by atoms with E-state index in [0.29, 0.717) is 0 Å². The van der Waals surface area contributed by atoms with Crippen molar-refractivity contribution in [3.63, 3.8) is 0 Å². The van der Waals surface area contributed by atoms with Crippen molar-refractivity contribution in [2.24, 2.45) is 0 Å². The van der Waals surface area contributed by atoms with E-state index in [2.05, 4.69) is 20.0 Å². The SMILES string of the molecule is Clc1nc(N2CCCCC2)c2cnn(-c3ccccc3)c2n1. The molecular formula is C16H16ClN5. The molecule has 0 saturated carbocycles. The lowest BCUT2D eigenvalue weighted by Gasteiger charge is -2.28. The van der Waals surface area contributed by atoms with Gasteiger partial charge in [-0.25, -0.2) is 4.68 Å². The summed E-state index contributed by atoms with van der Waals surface area (Å²) >= 11 is 6.17. The molecule has 22 heavy (non-hydrogen) atoms. The number of nitrogens with zero attached hydrogens (tertiary/aromatic N) is 5. The molecule has 1 aliphatic rings. The fraction of sp³-hybridized carbons (Fsp3) is 0.312. The predicted octanol–water partition coefficient (Wildman–Crippen LogP) is 3.46. The molecule has 2 aromatic heterocycles. The molecule has 0 spiro atoms.